The van der Waals surface area contributed by atoms with Crippen LogP contribution in [-0.2, 0) is 14.6 Å². The Bertz CT molecular complexity index is 570. The van der Waals surface area contributed by atoms with Gasteiger partial charge in [-0.1, -0.05) is 26.0 Å². The maximum Gasteiger partial charge on any atom is 0.227 e. The first-order chi connectivity index (χ1) is 9.23. The molecule has 1 aromatic carbocycles. The molecule has 0 heterocycles. The minimum Gasteiger partial charge on any atom is -0.313 e. The number of amides is 1. The highest BCUT2D eigenvalue weighted by atomic mass is 32.2. The Labute approximate surface area is 119 Å². The van der Waals surface area contributed by atoms with E-state index in [-0.39, 0.29) is 29.5 Å². The van der Waals surface area contributed by atoms with Crippen LogP contribution in [0.2, 0.25) is 0 Å². The lowest BCUT2D eigenvalue weighted by molar-refractivity contribution is -0.118. The van der Waals surface area contributed by atoms with Crippen molar-refractivity contribution in [1.82, 2.24) is 0 Å². The SMILES string of the molecule is CC(C)CS(=O)(=O)CCC(=O)N(C)c1ccccc1F. The van der Waals surface area contributed by atoms with Gasteiger partial charge in [0.2, 0.25) is 5.91 Å². The maximum atomic E-state index is 13.5. The van der Waals surface area contributed by atoms with Gasteiger partial charge in [0.1, 0.15) is 5.82 Å². The van der Waals surface area contributed by atoms with Crippen molar-refractivity contribution in [3.63, 3.8) is 0 Å². The van der Waals surface area contributed by atoms with Crippen molar-refractivity contribution in [2.24, 2.45) is 5.92 Å². The van der Waals surface area contributed by atoms with E-state index in [0.29, 0.717) is 0 Å². The lowest BCUT2D eigenvalue weighted by Gasteiger charge is -2.18. The molecule has 0 aliphatic carbocycles. The second kappa shape index (κ2) is 6.83. The van der Waals surface area contributed by atoms with Crippen LogP contribution in [0.1, 0.15) is 20.3 Å². The van der Waals surface area contributed by atoms with Gasteiger partial charge < -0.3 is 4.90 Å². The Morgan fingerprint density at radius 2 is 1.90 bits per heavy atom. The average Bonchev–Trinajstić information content (AvgIpc) is 2.34. The van der Waals surface area contributed by atoms with Gasteiger partial charge in [0.05, 0.1) is 17.2 Å². The van der Waals surface area contributed by atoms with Gasteiger partial charge in [0.25, 0.3) is 0 Å². The number of nitrogens with zero attached hydrogens (tertiary/aromatic N) is 1. The number of halogens is 1. The second-order valence-electron chi connectivity index (χ2n) is 5.16. The van der Waals surface area contributed by atoms with Gasteiger partial charge in [-0.2, -0.15) is 0 Å². The molecule has 1 amide bonds. The summed E-state index contributed by atoms with van der Waals surface area (Å²) in [5.41, 5.74) is 0.152. The molecule has 6 heteroatoms. The van der Waals surface area contributed by atoms with Crippen LogP contribution < -0.4 is 4.90 Å². The zero-order valence-electron chi connectivity index (χ0n) is 12.0. The molecule has 1 rings (SSSR count). The first-order valence-corrected chi connectivity index (χ1v) is 8.26. The van der Waals surface area contributed by atoms with Gasteiger partial charge in [-0.25, -0.2) is 12.8 Å². The second-order valence-corrected chi connectivity index (χ2v) is 7.39. The summed E-state index contributed by atoms with van der Waals surface area (Å²) in [5.74, 6) is -1.04. The number of hydrogen-bond donors (Lipinski definition) is 0. The molecule has 20 heavy (non-hydrogen) atoms. The molecule has 0 atom stereocenters. The van der Waals surface area contributed by atoms with Gasteiger partial charge in [-0.3, -0.25) is 4.79 Å². The molecule has 4 nitrogen and oxygen atoms in total. The van der Waals surface area contributed by atoms with E-state index in [9.17, 15) is 17.6 Å². The smallest absolute Gasteiger partial charge is 0.227 e. The van der Waals surface area contributed by atoms with Crippen molar-refractivity contribution in [3.05, 3.63) is 30.1 Å². The fourth-order valence-electron chi connectivity index (χ4n) is 1.86. The van der Waals surface area contributed by atoms with Gasteiger partial charge >= 0.3 is 0 Å². The molecule has 0 aliphatic rings. The van der Waals surface area contributed by atoms with Crippen LogP contribution in [0.25, 0.3) is 0 Å². The third-order valence-corrected chi connectivity index (χ3v) is 4.80. The van der Waals surface area contributed by atoms with E-state index in [0.717, 1.165) is 4.90 Å². The molecule has 0 fully saturated rings. The molecular weight excluding hydrogens is 281 g/mol. The minimum atomic E-state index is -3.24. The first kappa shape index (κ1) is 16.6. The number of anilines is 1. The highest BCUT2D eigenvalue weighted by Gasteiger charge is 2.19. The summed E-state index contributed by atoms with van der Waals surface area (Å²) in [6.45, 7) is 3.62. The highest BCUT2D eigenvalue weighted by molar-refractivity contribution is 7.91. The zero-order chi connectivity index (χ0) is 15.3. The lowest BCUT2D eigenvalue weighted by Crippen LogP contribution is -2.29. The summed E-state index contributed by atoms with van der Waals surface area (Å²) in [4.78, 5) is 13.1. The number of para-hydroxylation sites is 1. The van der Waals surface area contributed by atoms with E-state index in [1.165, 1.54) is 25.2 Å². The van der Waals surface area contributed by atoms with Crippen molar-refractivity contribution in [2.75, 3.05) is 23.5 Å². The molecular formula is C14H20FNO3S. The zero-order valence-corrected chi connectivity index (χ0v) is 12.8. The number of carbonyl (C=O) groups is 1. The van der Waals surface area contributed by atoms with Gasteiger partial charge in [0.15, 0.2) is 9.84 Å². The molecule has 0 aromatic heterocycles. The van der Waals surface area contributed by atoms with Crippen LogP contribution in [0.3, 0.4) is 0 Å². The first-order valence-electron chi connectivity index (χ1n) is 6.44. The van der Waals surface area contributed by atoms with Gasteiger partial charge in [-0.05, 0) is 18.1 Å². The number of carbonyl (C=O) groups excluding carboxylic acids is 1. The molecule has 0 aliphatic heterocycles. The predicted octanol–water partition coefficient (Wildman–Crippen LogP) is 2.25. The molecule has 1 aromatic rings. The molecule has 0 radical (unpaired) electrons. The Morgan fingerprint density at radius 1 is 1.30 bits per heavy atom. The summed E-state index contributed by atoms with van der Waals surface area (Å²) in [7, 11) is -1.80. The standard InChI is InChI=1S/C14H20FNO3S/c1-11(2)10-20(18,19)9-8-14(17)16(3)13-7-5-4-6-12(13)15/h4-7,11H,8-10H2,1-3H3. The lowest BCUT2D eigenvalue weighted by atomic mass is 10.2. The van der Waals surface area contributed by atoms with Crippen LogP contribution >= 0.6 is 0 Å². The van der Waals surface area contributed by atoms with Crippen LogP contribution in [-0.4, -0.2) is 32.9 Å². The number of benzene rings is 1. The third-order valence-electron chi connectivity index (χ3n) is 2.80. The van der Waals surface area contributed by atoms with Crippen LogP contribution in [0.4, 0.5) is 10.1 Å². The number of sulfone groups is 1. The molecule has 0 N–H and O–H groups in total. The summed E-state index contributed by atoms with van der Waals surface area (Å²) < 4.78 is 37.0. The molecule has 112 valence electrons. The largest absolute Gasteiger partial charge is 0.313 e. The van der Waals surface area contributed by atoms with Crippen molar-refractivity contribution in [1.29, 1.82) is 0 Å². The van der Waals surface area contributed by atoms with E-state index in [1.807, 2.05) is 13.8 Å². The topological polar surface area (TPSA) is 54.5 Å². The van der Waals surface area contributed by atoms with Gasteiger partial charge in [0, 0.05) is 13.5 Å². The molecule has 0 bridgehead atoms. The summed E-state index contributed by atoms with van der Waals surface area (Å²) >= 11 is 0. The Balaban J connectivity index is 2.66. The maximum absolute atomic E-state index is 13.5. The van der Waals surface area contributed by atoms with E-state index < -0.39 is 21.6 Å². The Kier molecular flexibility index (Phi) is 5.68. The molecule has 0 saturated heterocycles. The van der Waals surface area contributed by atoms with E-state index in [1.54, 1.807) is 6.07 Å². The summed E-state index contributed by atoms with van der Waals surface area (Å²) in [6, 6.07) is 5.90. The van der Waals surface area contributed by atoms with Crippen LogP contribution in [0.15, 0.2) is 24.3 Å². The Morgan fingerprint density at radius 3 is 2.45 bits per heavy atom. The van der Waals surface area contributed by atoms with E-state index >= 15 is 0 Å². The van der Waals surface area contributed by atoms with E-state index in [2.05, 4.69) is 0 Å². The third kappa shape index (κ3) is 4.92. The fourth-order valence-corrected chi connectivity index (χ4v) is 3.53. The van der Waals surface area contributed by atoms with Crippen LogP contribution in [0.5, 0.6) is 0 Å². The van der Waals surface area contributed by atoms with Crippen molar-refractivity contribution in [3.8, 4) is 0 Å². The monoisotopic (exact) mass is 301 g/mol. The van der Waals surface area contributed by atoms with E-state index in [4.69, 9.17) is 0 Å². The average molecular weight is 301 g/mol. The normalized spacial score (nSPS) is 11.7. The van der Waals surface area contributed by atoms with Gasteiger partial charge in [-0.15, -0.1) is 0 Å². The minimum absolute atomic E-state index is 0.0272. The molecule has 0 saturated carbocycles. The predicted molar refractivity (Wildman–Crippen MR) is 77.9 cm³/mol. The van der Waals surface area contributed by atoms with Crippen molar-refractivity contribution in [2.45, 2.75) is 20.3 Å². The van der Waals surface area contributed by atoms with Crippen molar-refractivity contribution >= 4 is 21.4 Å². The number of rotatable bonds is 6. The molecule has 0 spiro atoms. The quantitative estimate of drug-likeness (QED) is 0.810. The highest BCUT2D eigenvalue weighted by Crippen LogP contribution is 2.18. The molecule has 0 unspecified atom stereocenters. The Hall–Kier alpha value is -1.43. The van der Waals surface area contributed by atoms with Crippen LogP contribution in [0, 0.1) is 11.7 Å². The number of hydrogen-bond acceptors (Lipinski definition) is 3. The fraction of sp³-hybridized carbons (Fsp3) is 0.500. The summed E-state index contributed by atoms with van der Waals surface area (Å²) in [6.07, 6.45) is -0.139. The summed E-state index contributed by atoms with van der Waals surface area (Å²) in [5, 5.41) is 0. The van der Waals surface area contributed by atoms with Crippen molar-refractivity contribution < 1.29 is 17.6 Å².